The van der Waals surface area contributed by atoms with Crippen LogP contribution < -0.4 is 0 Å². The second kappa shape index (κ2) is 8.13. The summed E-state index contributed by atoms with van der Waals surface area (Å²) in [5, 5.41) is 0. The lowest BCUT2D eigenvalue weighted by Gasteiger charge is -2.18. The minimum atomic E-state index is 0.0416. The Morgan fingerprint density at radius 2 is 1.87 bits per heavy atom. The van der Waals surface area contributed by atoms with Gasteiger partial charge >= 0.3 is 0 Å². The number of rotatable bonds is 8. The Balaban J connectivity index is 1.96. The van der Waals surface area contributed by atoms with E-state index in [9.17, 15) is 4.79 Å². The van der Waals surface area contributed by atoms with Crippen molar-refractivity contribution in [2.45, 2.75) is 19.8 Å². The van der Waals surface area contributed by atoms with Crippen molar-refractivity contribution >= 4 is 5.91 Å². The molecule has 0 spiro atoms. The molecule has 0 N–H and O–H groups in total. The molecule has 4 nitrogen and oxygen atoms in total. The maximum atomic E-state index is 12.2. The van der Waals surface area contributed by atoms with Crippen LogP contribution in [0.1, 0.15) is 17.9 Å². The van der Waals surface area contributed by atoms with Gasteiger partial charge in [0.15, 0.2) is 11.7 Å². The summed E-state index contributed by atoms with van der Waals surface area (Å²) in [6.07, 6.45) is 5.96. The van der Waals surface area contributed by atoms with Crippen LogP contribution in [0.4, 0.5) is 0 Å². The van der Waals surface area contributed by atoms with Gasteiger partial charge in [0.05, 0.1) is 6.20 Å². The van der Waals surface area contributed by atoms with E-state index >= 15 is 0 Å². The lowest BCUT2D eigenvalue weighted by molar-refractivity contribution is -0.130. The van der Waals surface area contributed by atoms with Crippen molar-refractivity contribution in [2.75, 3.05) is 13.1 Å². The summed E-state index contributed by atoms with van der Waals surface area (Å²) in [6, 6.07) is 8.06. The van der Waals surface area contributed by atoms with Crippen LogP contribution in [0.5, 0.6) is 0 Å². The van der Waals surface area contributed by atoms with Crippen LogP contribution in [-0.4, -0.2) is 28.9 Å². The van der Waals surface area contributed by atoms with Gasteiger partial charge in [-0.3, -0.25) is 4.79 Å². The third-order valence-electron chi connectivity index (χ3n) is 3.49. The Labute approximate surface area is 137 Å². The highest BCUT2D eigenvalue weighted by molar-refractivity contribution is 5.76. The maximum Gasteiger partial charge on any atom is 0.223 e. The Morgan fingerprint density at radius 3 is 2.48 bits per heavy atom. The predicted octanol–water partition coefficient (Wildman–Crippen LogP) is 3.78. The first kappa shape index (κ1) is 16.7. The highest BCUT2D eigenvalue weighted by atomic mass is 16.4. The van der Waals surface area contributed by atoms with Crippen molar-refractivity contribution in [3.05, 3.63) is 67.2 Å². The summed E-state index contributed by atoms with van der Waals surface area (Å²) in [6.45, 7) is 10.4. The number of benzene rings is 1. The van der Waals surface area contributed by atoms with Gasteiger partial charge in [-0.1, -0.05) is 42.0 Å². The molecular weight excluding hydrogens is 288 g/mol. The molecule has 0 bridgehead atoms. The number of carbonyl (C=O) groups excluding carboxylic acids is 1. The third kappa shape index (κ3) is 4.68. The molecule has 1 amide bonds. The largest absolute Gasteiger partial charge is 0.441 e. The molecule has 0 aliphatic carbocycles. The molecule has 0 fully saturated rings. The molecule has 4 heteroatoms. The van der Waals surface area contributed by atoms with Gasteiger partial charge in [-0.15, -0.1) is 13.2 Å². The van der Waals surface area contributed by atoms with E-state index in [2.05, 4.69) is 18.1 Å². The monoisotopic (exact) mass is 310 g/mol. The zero-order chi connectivity index (χ0) is 16.7. The molecule has 0 aliphatic heterocycles. The summed E-state index contributed by atoms with van der Waals surface area (Å²) >= 11 is 0. The number of hydrogen-bond acceptors (Lipinski definition) is 3. The van der Waals surface area contributed by atoms with Gasteiger partial charge in [0.25, 0.3) is 0 Å². The van der Waals surface area contributed by atoms with Gasteiger partial charge in [0.1, 0.15) is 0 Å². The number of aromatic nitrogens is 1. The fourth-order valence-electron chi connectivity index (χ4n) is 2.24. The van der Waals surface area contributed by atoms with E-state index in [4.69, 9.17) is 4.42 Å². The van der Waals surface area contributed by atoms with Gasteiger partial charge < -0.3 is 9.32 Å². The predicted molar refractivity (Wildman–Crippen MR) is 92.0 cm³/mol. The van der Waals surface area contributed by atoms with E-state index in [1.165, 1.54) is 5.56 Å². The first-order chi connectivity index (χ1) is 11.1. The second-order valence-corrected chi connectivity index (χ2v) is 5.36. The summed E-state index contributed by atoms with van der Waals surface area (Å²) < 4.78 is 5.74. The van der Waals surface area contributed by atoms with Crippen LogP contribution in [0.3, 0.4) is 0 Å². The number of carbonyl (C=O) groups is 1. The molecule has 120 valence electrons. The van der Waals surface area contributed by atoms with E-state index in [0.29, 0.717) is 31.8 Å². The van der Waals surface area contributed by atoms with E-state index < -0.39 is 0 Å². The number of amides is 1. The van der Waals surface area contributed by atoms with Crippen molar-refractivity contribution in [1.29, 1.82) is 0 Å². The molecule has 0 atom stereocenters. The van der Waals surface area contributed by atoms with Crippen molar-refractivity contribution in [2.24, 2.45) is 0 Å². The molecule has 0 saturated carbocycles. The molecule has 0 unspecified atom stereocenters. The summed E-state index contributed by atoms with van der Waals surface area (Å²) in [4.78, 5) is 18.1. The SMILES string of the molecule is C=CCN(CC=C)C(=O)CCc1ncc(-c2ccc(C)cc2)o1. The summed E-state index contributed by atoms with van der Waals surface area (Å²) in [7, 11) is 0. The zero-order valence-electron chi connectivity index (χ0n) is 13.5. The summed E-state index contributed by atoms with van der Waals surface area (Å²) in [5.41, 5.74) is 2.18. The molecule has 0 saturated heterocycles. The fraction of sp³-hybridized carbons (Fsp3) is 0.263. The highest BCUT2D eigenvalue weighted by Crippen LogP contribution is 2.21. The highest BCUT2D eigenvalue weighted by Gasteiger charge is 2.13. The molecular formula is C19H22N2O2. The number of hydrogen-bond donors (Lipinski definition) is 0. The van der Waals surface area contributed by atoms with Gasteiger partial charge in [-0.05, 0) is 6.92 Å². The normalized spacial score (nSPS) is 10.3. The second-order valence-electron chi connectivity index (χ2n) is 5.36. The molecule has 0 aliphatic rings. The molecule has 1 aromatic carbocycles. The fourth-order valence-corrected chi connectivity index (χ4v) is 2.24. The molecule has 1 heterocycles. The van der Waals surface area contributed by atoms with Crippen molar-refractivity contribution in [3.63, 3.8) is 0 Å². The smallest absolute Gasteiger partial charge is 0.223 e. The molecule has 23 heavy (non-hydrogen) atoms. The first-order valence-corrected chi connectivity index (χ1v) is 7.65. The van der Waals surface area contributed by atoms with Crippen molar-refractivity contribution in [1.82, 2.24) is 9.88 Å². The van der Waals surface area contributed by atoms with Crippen LogP contribution in [0.2, 0.25) is 0 Å². The van der Waals surface area contributed by atoms with Gasteiger partial charge in [-0.2, -0.15) is 0 Å². The van der Waals surface area contributed by atoms with Gasteiger partial charge in [-0.25, -0.2) is 4.98 Å². The Hall–Kier alpha value is -2.62. The van der Waals surface area contributed by atoms with Gasteiger partial charge in [0.2, 0.25) is 5.91 Å². The molecule has 0 radical (unpaired) electrons. The summed E-state index contributed by atoms with van der Waals surface area (Å²) in [5.74, 6) is 1.34. The Morgan fingerprint density at radius 1 is 1.22 bits per heavy atom. The first-order valence-electron chi connectivity index (χ1n) is 7.65. The average Bonchev–Trinajstić information content (AvgIpc) is 3.02. The van der Waals surface area contributed by atoms with Crippen LogP contribution in [-0.2, 0) is 11.2 Å². The van der Waals surface area contributed by atoms with Crippen LogP contribution in [0.15, 0.2) is 60.2 Å². The van der Waals surface area contributed by atoms with Crippen LogP contribution >= 0.6 is 0 Å². The molecule has 1 aromatic heterocycles. The average molecular weight is 310 g/mol. The lowest BCUT2D eigenvalue weighted by atomic mass is 10.1. The van der Waals surface area contributed by atoms with Gasteiger partial charge in [0, 0.05) is 31.5 Å². The van der Waals surface area contributed by atoms with E-state index in [1.807, 2.05) is 31.2 Å². The lowest BCUT2D eigenvalue weighted by Crippen LogP contribution is -2.31. The quantitative estimate of drug-likeness (QED) is 0.697. The number of oxazole rings is 1. The Bertz CT molecular complexity index is 661. The molecule has 2 rings (SSSR count). The van der Waals surface area contributed by atoms with E-state index in [0.717, 1.165) is 11.3 Å². The minimum absolute atomic E-state index is 0.0416. The molecule has 2 aromatic rings. The number of nitrogens with zero attached hydrogens (tertiary/aromatic N) is 2. The van der Waals surface area contributed by atoms with E-state index in [1.54, 1.807) is 23.2 Å². The van der Waals surface area contributed by atoms with Crippen molar-refractivity contribution < 1.29 is 9.21 Å². The van der Waals surface area contributed by atoms with E-state index in [-0.39, 0.29) is 5.91 Å². The van der Waals surface area contributed by atoms with Crippen molar-refractivity contribution in [3.8, 4) is 11.3 Å². The Kier molecular flexibility index (Phi) is 5.92. The minimum Gasteiger partial charge on any atom is -0.441 e. The van der Waals surface area contributed by atoms with Crippen LogP contribution in [0.25, 0.3) is 11.3 Å². The topological polar surface area (TPSA) is 46.3 Å². The standard InChI is InChI=1S/C19H22N2O2/c1-4-12-21(13-5-2)19(22)11-10-18-20-14-17(23-18)16-8-6-15(3)7-9-16/h4-9,14H,1-2,10-13H2,3H3. The number of aryl methyl sites for hydroxylation is 2. The third-order valence-corrected chi connectivity index (χ3v) is 3.49. The maximum absolute atomic E-state index is 12.2. The van der Waals surface area contributed by atoms with Crippen LogP contribution in [0, 0.1) is 6.92 Å². The zero-order valence-corrected chi connectivity index (χ0v) is 13.5.